The van der Waals surface area contributed by atoms with Crippen molar-refractivity contribution in [2.24, 2.45) is 0 Å². The van der Waals surface area contributed by atoms with E-state index in [-0.39, 0.29) is 22.8 Å². The van der Waals surface area contributed by atoms with Gasteiger partial charge in [0, 0.05) is 21.7 Å². The maximum absolute atomic E-state index is 12.7. The van der Waals surface area contributed by atoms with Crippen molar-refractivity contribution in [1.82, 2.24) is 0 Å². The van der Waals surface area contributed by atoms with E-state index in [0.29, 0.717) is 27.3 Å². The first kappa shape index (κ1) is 21.0. The van der Waals surface area contributed by atoms with Gasteiger partial charge in [0.1, 0.15) is 16.9 Å². The predicted octanol–water partition coefficient (Wildman–Crippen LogP) is 5.73. The number of nitrogens with one attached hydrogen (secondary N) is 1. The SMILES string of the molecule is CCOC(=O)c1c(-c2ccccc2)oc2ccc(NS(=O)(=O)c3ccc(Cl)cc3)cc12. The van der Waals surface area contributed by atoms with Gasteiger partial charge in [0.05, 0.1) is 11.5 Å². The van der Waals surface area contributed by atoms with Crippen LogP contribution in [0.2, 0.25) is 5.02 Å². The zero-order valence-corrected chi connectivity index (χ0v) is 18.0. The number of hydrogen-bond donors (Lipinski definition) is 1. The molecule has 0 aliphatic carbocycles. The van der Waals surface area contributed by atoms with Gasteiger partial charge in [0.25, 0.3) is 10.0 Å². The summed E-state index contributed by atoms with van der Waals surface area (Å²) >= 11 is 5.84. The fourth-order valence-corrected chi connectivity index (χ4v) is 4.36. The van der Waals surface area contributed by atoms with Crippen molar-refractivity contribution < 1.29 is 22.4 Å². The molecule has 0 aliphatic heterocycles. The number of furan rings is 1. The number of fused-ring (bicyclic) bond motifs is 1. The van der Waals surface area contributed by atoms with Crippen molar-refractivity contribution in [2.75, 3.05) is 11.3 Å². The molecule has 1 heterocycles. The van der Waals surface area contributed by atoms with Crippen molar-refractivity contribution in [1.29, 1.82) is 0 Å². The van der Waals surface area contributed by atoms with E-state index in [2.05, 4.69) is 4.72 Å². The number of esters is 1. The molecule has 31 heavy (non-hydrogen) atoms. The van der Waals surface area contributed by atoms with Gasteiger partial charge < -0.3 is 9.15 Å². The highest BCUT2D eigenvalue weighted by molar-refractivity contribution is 7.92. The van der Waals surface area contributed by atoms with E-state index in [4.69, 9.17) is 20.8 Å². The zero-order valence-electron chi connectivity index (χ0n) is 16.5. The average molecular weight is 456 g/mol. The molecular weight excluding hydrogens is 438 g/mol. The predicted molar refractivity (Wildman–Crippen MR) is 120 cm³/mol. The smallest absolute Gasteiger partial charge is 0.342 e. The third-order valence-electron chi connectivity index (χ3n) is 4.58. The molecule has 8 heteroatoms. The monoisotopic (exact) mass is 455 g/mol. The lowest BCUT2D eigenvalue weighted by atomic mass is 10.1. The van der Waals surface area contributed by atoms with Crippen molar-refractivity contribution in [3.05, 3.63) is 83.4 Å². The van der Waals surface area contributed by atoms with E-state index in [0.717, 1.165) is 0 Å². The molecule has 158 valence electrons. The fourth-order valence-electron chi connectivity index (χ4n) is 3.19. The summed E-state index contributed by atoms with van der Waals surface area (Å²) in [5.41, 5.74) is 1.69. The number of benzene rings is 3. The number of sulfonamides is 1. The van der Waals surface area contributed by atoms with Crippen molar-refractivity contribution in [2.45, 2.75) is 11.8 Å². The first-order valence-electron chi connectivity index (χ1n) is 9.46. The molecule has 6 nitrogen and oxygen atoms in total. The molecule has 4 rings (SSSR count). The van der Waals surface area contributed by atoms with Crippen LogP contribution in [-0.4, -0.2) is 21.0 Å². The molecule has 0 aliphatic rings. The Kier molecular flexibility index (Phi) is 5.71. The van der Waals surface area contributed by atoms with Gasteiger partial charge in [0.2, 0.25) is 0 Å². The maximum Gasteiger partial charge on any atom is 0.342 e. The molecule has 3 aromatic carbocycles. The molecule has 0 saturated carbocycles. The van der Waals surface area contributed by atoms with Gasteiger partial charge in [-0.1, -0.05) is 41.9 Å². The van der Waals surface area contributed by atoms with Gasteiger partial charge in [-0.25, -0.2) is 13.2 Å². The second-order valence-electron chi connectivity index (χ2n) is 6.66. The lowest BCUT2D eigenvalue weighted by molar-refractivity contribution is 0.0528. The summed E-state index contributed by atoms with van der Waals surface area (Å²) in [5, 5.41) is 0.889. The van der Waals surface area contributed by atoms with Crippen LogP contribution in [0.15, 0.2) is 82.1 Å². The quantitative estimate of drug-likeness (QED) is 0.375. The summed E-state index contributed by atoms with van der Waals surface area (Å²) in [5.74, 6) is -0.176. The van der Waals surface area contributed by atoms with Gasteiger partial charge in [-0.05, 0) is 49.4 Å². The van der Waals surface area contributed by atoms with Crippen LogP contribution in [0, 0.1) is 0 Å². The van der Waals surface area contributed by atoms with E-state index >= 15 is 0 Å². The molecule has 4 aromatic rings. The Bertz CT molecular complexity index is 1350. The van der Waals surface area contributed by atoms with Crippen LogP contribution in [0.1, 0.15) is 17.3 Å². The average Bonchev–Trinajstić information content (AvgIpc) is 3.13. The number of anilines is 1. The van der Waals surface area contributed by atoms with E-state index < -0.39 is 16.0 Å². The van der Waals surface area contributed by atoms with Crippen LogP contribution in [0.5, 0.6) is 0 Å². The third kappa shape index (κ3) is 4.28. The molecule has 0 amide bonds. The van der Waals surface area contributed by atoms with Crippen molar-refractivity contribution in [3.63, 3.8) is 0 Å². The lowest BCUT2D eigenvalue weighted by Crippen LogP contribution is -2.12. The second kappa shape index (κ2) is 8.45. The van der Waals surface area contributed by atoms with E-state index in [1.807, 2.05) is 30.3 Å². The standard InChI is InChI=1S/C23H18ClNO5S/c1-2-29-23(26)21-19-14-17(25-31(27,28)18-11-8-16(24)9-12-18)10-13-20(19)30-22(21)15-6-4-3-5-7-15/h3-14,25H,2H2,1H3. The zero-order chi connectivity index (χ0) is 22.0. The molecule has 0 saturated heterocycles. The minimum Gasteiger partial charge on any atom is -0.462 e. The molecule has 0 spiro atoms. The summed E-state index contributed by atoms with van der Waals surface area (Å²) in [6.07, 6.45) is 0. The van der Waals surface area contributed by atoms with Gasteiger partial charge in [-0.15, -0.1) is 0 Å². The van der Waals surface area contributed by atoms with Gasteiger partial charge in [0.15, 0.2) is 0 Å². The highest BCUT2D eigenvalue weighted by Crippen LogP contribution is 2.36. The van der Waals surface area contributed by atoms with Crippen LogP contribution >= 0.6 is 11.6 Å². The molecule has 0 bridgehead atoms. The van der Waals surface area contributed by atoms with E-state index in [9.17, 15) is 13.2 Å². The molecular formula is C23H18ClNO5S. The Morgan fingerprint density at radius 2 is 1.74 bits per heavy atom. The molecule has 0 radical (unpaired) electrons. The Morgan fingerprint density at radius 1 is 1.03 bits per heavy atom. The highest BCUT2D eigenvalue weighted by Gasteiger charge is 2.24. The number of ether oxygens (including phenoxy) is 1. The van der Waals surface area contributed by atoms with Crippen molar-refractivity contribution in [3.8, 4) is 11.3 Å². The van der Waals surface area contributed by atoms with Crippen LogP contribution < -0.4 is 4.72 Å². The first-order chi connectivity index (χ1) is 14.9. The van der Waals surface area contributed by atoms with Gasteiger partial charge in [-0.3, -0.25) is 4.72 Å². The number of carbonyl (C=O) groups is 1. The summed E-state index contributed by atoms with van der Waals surface area (Å²) in [6.45, 7) is 1.91. The van der Waals surface area contributed by atoms with Gasteiger partial charge in [-0.2, -0.15) is 0 Å². The molecule has 0 unspecified atom stereocenters. The number of rotatable bonds is 6. The minimum absolute atomic E-state index is 0.0692. The summed E-state index contributed by atoms with van der Waals surface area (Å²) in [7, 11) is -3.84. The summed E-state index contributed by atoms with van der Waals surface area (Å²) in [4.78, 5) is 12.8. The Labute approximate surface area is 184 Å². The number of hydrogen-bond acceptors (Lipinski definition) is 5. The van der Waals surface area contributed by atoms with E-state index in [1.165, 1.54) is 24.3 Å². The van der Waals surface area contributed by atoms with Crippen LogP contribution in [0.3, 0.4) is 0 Å². The first-order valence-corrected chi connectivity index (χ1v) is 11.3. The Hall–Kier alpha value is -3.29. The van der Waals surface area contributed by atoms with Gasteiger partial charge >= 0.3 is 5.97 Å². The molecule has 1 N–H and O–H groups in total. The van der Waals surface area contributed by atoms with E-state index in [1.54, 1.807) is 25.1 Å². The van der Waals surface area contributed by atoms with Crippen molar-refractivity contribution >= 4 is 44.3 Å². The number of carbonyl (C=O) groups excluding carboxylic acids is 1. The largest absolute Gasteiger partial charge is 0.462 e. The topological polar surface area (TPSA) is 85.6 Å². The molecule has 1 aromatic heterocycles. The van der Waals surface area contributed by atoms with Crippen LogP contribution in [0.25, 0.3) is 22.3 Å². The Balaban J connectivity index is 1.80. The second-order valence-corrected chi connectivity index (χ2v) is 8.78. The van der Waals surface area contributed by atoms with Crippen LogP contribution in [0.4, 0.5) is 5.69 Å². The highest BCUT2D eigenvalue weighted by atomic mass is 35.5. The maximum atomic E-state index is 12.7. The Morgan fingerprint density at radius 3 is 2.42 bits per heavy atom. The normalized spacial score (nSPS) is 11.4. The van der Waals surface area contributed by atoms with Crippen LogP contribution in [-0.2, 0) is 14.8 Å². The lowest BCUT2D eigenvalue weighted by Gasteiger charge is -2.08. The summed E-state index contributed by atoms with van der Waals surface area (Å²) < 4.78 is 39.2. The third-order valence-corrected chi connectivity index (χ3v) is 6.23. The minimum atomic E-state index is -3.84. The summed E-state index contributed by atoms with van der Waals surface area (Å²) in [6, 6.07) is 19.8. The number of halogens is 1. The molecule has 0 fully saturated rings. The molecule has 0 atom stereocenters. The fraction of sp³-hybridized carbons (Fsp3) is 0.0870.